The number of anilines is 1. The average molecular weight is 478 g/mol. The van der Waals surface area contributed by atoms with Gasteiger partial charge in [-0.05, 0) is 48.9 Å². The largest absolute Gasteiger partial charge is 0.383 e. The number of aromatic nitrogens is 1. The van der Waals surface area contributed by atoms with Gasteiger partial charge in [-0.2, -0.15) is 0 Å². The highest BCUT2D eigenvalue weighted by molar-refractivity contribution is 5.99. The summed E-state index contributed by atoms with van der Waals surface area (Å²) in [4.78, 5) is 22.3. The number of pyridine rings is 1. The normalized spacial score (nSPS) is 22.3. The number of ether oxygens (including phenoxy) is 1. The van der Waals surface area contributed by atoms with Crippen molar-refractivity contribution in [1.82, 2.24) is 20.1 Å². The van der Waals surface area contributed by atoms with E-state index >= 15 is 0 Å². The van der Waals surface area contributed by atoms with E-state index in [0.717, 1.165) is 76.5 Å². The van der Waals surface area contributed by atoms with Gasteiger partial charge in [-0.25, -0.2) is 4.98 Å². The standard InChI is InChI=1S/C28H39N5O2/c29-27-26(28(34)31-25-4-2-1-3-5-25)18-24(19-30-27)22-8-6-21(7-9-22)23-10-11-33(20-23)13-12-32-14-16-35-17-15-32/h6-9,18-19,23,25H,1-5,10-17,20H2,(H2,29,30)(H,31,34)/t23-/m0/s1. The zero-order valence-electron chi connectivity index (χ0n) is 20.8. The number of nitrogens with one attached hydrogen (secondary N) is 1. The van der Waals surface area contributed by atoms with Crippen LogP contribution in [0.25, 0.3) is 11.1 Å². The molecule has 0 radical (unpaired) electrons. The maximum absolute atomic E-state index is 12.9. The van der Waals surface area contributed by atoms with Crippen molar-refractivity contribution in [2.24, 2.45) is 0 Å². The molecule has 2 saturated heterocycles. The lowest BCUT2D eigenvalue weighted by Crippen LogP contribution is -2.41. The van der Waals surface area contributed by atoms with Gasteiger partial charge in [0.1, 0.15) is 5.82 Å². The van der Waals surface area contributed by atoms with E-state index in [1.54, 1.807) is 6.20 Å². The number of likely N-dealkylation sites (tertiary alicyclic amines) is 1. The van der Waals surface area contributed by atoms with Gasteiger partial charge in [-0.3, -0.25) is 9.69 Å². The van der Waals surface area contributed by atoms with Gasteiger partial charge in [0, 0.05) is 50.5 Å². The predicted octanol–water partition coefficient (Wildman–Crippen LogP) is 3.51. The molecule has 1 aromatic heterocycles. The molecule has 0 unspecified atom stereocenters. The number of nitrogens with zero attached hydrogens (tertiary/aromatic N) is 3. The van der Waals surface area contributed by atoms with Crippen LogP contribution in [-0.2, 0) is 4.74 Å². The summed E-state index contributed by atoms with van der Waals surface area (Å²) in [6, 6.07) is 10.9. The first-order chi connectivity index (χ1) is 17.2. The van der Waals surface area contributed by atoms with Crippen LogP contribution in [0.15, 0.2) is 36.5 Å². The number of carbonyl (C=O) groups is 1. The van der Waals surface area contributed by atoms with E-state index in [4.69, 9.17) is 10.5 Å². The second kappa shape index (κ2) is 11.5. The lowest BCUT2D eigenvalue weighted by molar-refractivity contribution is 0.0343. The van der Waals surface area contributed by atoms with E-state index in [2.05, 4.69) is 44.4 Å². The first kappa shape index (κ1) is 24.2. The number of benzene rings is 1. The molecular weight excluding hydrogens is 438 g/mol. The number of morpholine rings is 1. The third kappa shape index (κ3) is 6.21. The molecule has 0 bridgehead atoms. The number of nitrogen functional groups attached to an aromatic ring is 1. The smallest absolute Gasteiger partial charge is 0.255 e. The fourth-order valence-corrected chi connectivity index (χ4v) is 5.69. The van der Waals surface area contributed by atoms with E-state index in [1.807, 2.05) is 6.07 Å². The Kier molecular flexibility index (Phi) is 7.96. The summed E-state index contributed by atoms with van der Waals surface area (Å²) < 4.78 is 5.46. The van der Waals surface area contributed by atoms with Crippen LogP contribution in [0, 0.1) is 0 Å². The van der Waals surface area contributed by atoms with Crippen LogP contribution in [-0.4, -0.2) is 79.2 Å². The minimum atomic E-state index is -0.108. The first-order valence-corrected chi connectivity index (χ1v) is 13.3. The quantitative estimate of drug-likeness (QED) is 0.635. The zero-order valence-corrected chi connectivity index (χ0v) is 20.8. The molecule has 3 N–H and O–H groups in total. The molecule has 1 amide bonds. The fourth-order valence-electron chi connectivity index (χ4n) is 5.69. The lowest BCUT2D eigenvalue weighted by atomic mass is 9.95. The topological polar surface area (TPSA) is 83.7 Å². The third-order valence-electron chi connectivity index (χ3n) is 7.93. The maximum Gasteiger partial charge on any atom is 0.255 e. The number of hydrogen-bond acceptors (Lipinski definition) is 6. The molecule has 0 spiro atoms. The highest BCUT2D eigenvalue weighted by Crippen LogP contribution is 2.30. The van der Waals surface area contributed by atoms with Crippen LogP contribution >= 0.6 is 0 Å². The molecule has 2 aromatic rings. The van der Waals surface area contributed by atoms with Crippen LogP contribution in [0.2, 0.25) is 0 Å². The summed E-state index contributed by atoms with van der Waals surface area (Å²) in [7, 11) is 0. The highest BCUT2D eigenvalue weighted by Gasteiger charge is 2.24. The van der Waals surface area contributed by atoms with Crippen molar-refractivity contribution in [1.29, 1.82) is 0 Å². The Morgan fingerprint density at radius 1 is 0.971 bits per heavy atom. The van der Waals surface area contributed by atoms with Crippen LogP contribution in [0.5, 0.6) is 0 Å². The molecule has 3 fully saturated rings. The molecule has 1 saturated carbocycles. The molecule has 188 valence electrons. The summed E-state index contributed by atoms with van der Waals surface area (Å²) in [6.45, 7) is 8.41. The van der Waals surface area contributed by atoms with Crippen molar-refractivity contribution < 1.29 is 9.53 Å². The summed E-state index contributed by atoms with van der Waals surface area (Å²) in [5.41, 5.74) is 9.94. The Morgan fingerprint density at radius 3 is 2.49 bits per heavy atom. The number of amides is 1. The van der Waals surface area contributed by atoms with Crippen LogP contribution < -0.4 is 11.1 Å². The molecule has 1 aliphatic carbocycles. The lowest BCUT2D eigenvalue weighted by Gasteiger charge is -2.28. The van der Waals surface area contributed by atoms with Crippen molar-refractivity contribution in [3.05, 3.63) is 47.7 Å². The Hall–Kier alpha value is -2.48. The number of carbonyl (C=O) groups excluding carboxylic acids is 1. The molecule has 5 rings (SSSR count). The highest BCUT2D eigenvalue weighted by atomic mass is 16.5. The molecule has 1 aromatic carbocycles. The Morgan fingerprint density at radius 2 is 1.71 bits per heavy atom. The summed E-state index contributed by atoms with van der Waals surface area (Å²) in [6.07, 6.45) is 8.68. The Labute approximate surface area is 209 Å². The van der Waals surface area contributed by atoms with Gasteiger partial charge < -0.3 is 20.7 Å². The van der Waals surface area contributed by atoms with E-state index in [1.165, 1.54) is 31.2 Å². The van der Waals surface area contributed by atoms with Gasteiger partial charge in [0.25, 0.3) is 5.91 Å². The fraction of sp³-hybridized carbons (Fsp3) is 0.571. The molecule has 3 aliphatic rings. The second-order valence-corrected chi connectivity index (χ2v) is 10.3. The first-order valence-electron chi connectivity index (χ1n) is 13.3. The maximum atomic E-state index is 12.9. The van der Waals surface area contributed by atoms with E-state index in [-0.39, 0.29) is 11.9 Å². The molecular formula is C28H39N5O2. The van der Waals surface area contributed by atoms with Crippen molar-refractivity contribution >= 4 is 11.7 Å². The van der Waals surface area contributed by atoms with Crippen LogP contribution in [0.4, 0.5) is 5.82 Å². The van der Waals surface area contributed by atoms with Crippen LogP contribution in [0.3, 0.4) is 0 Å². The van der Waals surface area contributed by atoms with Crippen molar-refractivity contribution in [2.75, 3.05) is 58.2 Å². The number of rotatable bonds is 7. The van der Waals surface area contributed by atoms with Gasteiger partial charge >= 0.3 is 0 Å². The Balaban J connectivity index is 1.18. The Bertz CT molecular complexity index is 983. The van der Waals surface area contributed by atoms with Gasteiger partial charge in [0.05, 0.1) is 18.8 Å². The summed E-state index contributed by atoms with van der Waals surface area (Å²) in [5, 5.41) is 3.16. The third-order valence-corrected chi connectivity index (χ3v) is 7.93. The van der Waals surface area contributed by atoms with E-state index in [0.29, 0.717) is 17.3 Å². The van der Waals surface area contributed by atoms with Crippen molar-refractivity contribution in [3.63, 3.8) is 0 Å². The van der Waals surface area contributed by atoms with Crippen molar-refractivity contribution in [3.8, 4) is 11.1 Å². The monoisotopic (exact) mass is 477 g/mol. The predicted molar refractivity (Wildman–Crippen MR) is 139 cm³/mol. The van der Waals surface area contributed by atoms with Gasteiger partial charge in [-0.15, -0.1) is 0 Å². The number of hydrogen-bond donors (Lipinski definition) is 2. The zero-order chi connectivity index (χ0) is 24.0. The number of nitrogens with two attached hydrogens (primary N) is 1. The minimum absolute atomic E-state index is 0.108. The average Bonchev–Trinajstić information content (AvgIpc) is 3.38. The SMILES string of the molecule is Nc1ncc(-c2ccc([C@H]3CCN(CCN4CCOCC4)C3)cc2)cc1C(=O)NC1CCCCC1. The summed E-state index contributed by atoms with van der Waals surface area (Å²) in [5.74, 6) is 0.764. The molecule has 3 heterocycles. The summed E-state index contributed by atoms with van der Waals surface area (Å²) >= 11 is 0. The van der Waals surface area contributed by atoms with Crippen molar-refractivity contribution in [2.45, 2.75) is 50.5 Å². The van der Waals surface area contributed by atoms with Gasteiger partial charge in [0.15, 0.2) is 0 Å². The van der Waals surface area contributed by atoms with Gasteiger partial charge in [-0.1, -0.05) is 43.5 Å². The van der Waals surface area contributed by atoms with Gasteiger partial charge in [0.2, 0.25) is 0 Å². The molecule has 35 heavy (non-hydrogen) atoms. The second-order valence-electron chi connectivity index (χ2n) is 10.3. The molecule has 2 aliphatic heterocycles. The van der Waals surface area contributed by atoms with E-state index in [9.17, 15) is 4.79 Å². The van der Waals surface area contributed by atoms with E-state index < -0.39 is 0 Å². The molecule has 7 nitrogen and oxygen atoms in total. The minimum Gasteiger partial charge on any atom is -0.383 e. The van der Waals surface area contributed by atoms with Crippen LogP contribution in [0.1, 0.15) is 60.4 Å². The molecule has 7 heteroatoms. The molecule has 1 atom stereocenters.